The van der Waals surface area contributed by atoms with Gasteiger partial charge in [0, 0.05) is 18.7 Å². The molecule has 0 saturated carbocycles. The Morgan fingerprint density at radius 3 is 2.79 bits per heavy atom. The molecule has 1 aromatic heterocycles. The number of hydrogen-bond acceptors (Lipinski definition) is 7. The maximum Gasteiger partial charge on any atom is 0.259 e. The first kappa shape index (κ1) is 16.3. The maximum absolute atomic E-state index is 11.9. The lowest BCUT2D eigenvalue weighted by atomic mass is 10.0. The molecule has 2 aromatic rings. The number of rotatable bonds is 4. The van der Waals surface area contributed by atoms with Crippen molar-refractivity contribution < 1.29 is 14.7 Å². The van der Waals surface area contributed by atoms with Crippen LogP contribution in [0.4, 0.5) is 10.7 Å². The van der Waals surface area contributed by atoms with Gasteiger partial charge in [-0.05, 0) is 17.7 Å². The van der Waals surface area contributed by atoms with E-state index in [4.69, 9.17) is 15.7 Å². The minimum Gasteiger partial charge on any atom is -0.378 e. The first-order valence-electron chi connectivity index (χ1n) is 7.35. The van der Waals surface area contributed by atoms with Gasteiger partial charge in [-0.15, -0.1) is 11.3 Å². The maximum atomic E-state index is 11.9. The molecule has 1 aliphatic heterocycles. The number of anilines is 2. The smallest absolute Gasteiger partial charge is 0.259 e. The fourth-order valence-electron chi connectivity index (χ4n) is 2.71. The minimum absolute atomic E-state index is 0.336. The molecule has 7 nitrogen and oxygen atoms in total. The number of nitrogens with zero attached hydrogens (tertiary/aromatic N) is 2. The fraction of sp³-hybridized carbons (Fsp3) is 0.250. The zero-order valence-corrected chi connectivity index (χ0v) is 13.6. The molecule has 3 rings (SSSR count). The van der Waals surface area contributed by atoms with E-state index in [1.54, 1.807) is 24.3 Å². The Labute approximate surface area is 142 Å². The first-order valence-corrected chi connectivity index (χ1v) is 8.17. The highest BCUT2D eigenvalue weighted by Crippen LogP contribution is 2.42. The Morgan fingerprint density at radius 1 is 1.42 bits per heavy atom. The van der Waals surface area contributed by atoms with Crippen molar-refractivity contribution in [1.82, 2.24) is 0 Å². The summed E-state index contributed by atoms with van der Waals surface area (Å²) < 4.78 is 5.35. The number of benzene rings is 1. The Bertz CT molecular complexity index is 806. The molecule has 0 atom stereocenters. The molecule has 124 valence electrons. The Hall–Kier alpha value is -2.60. The predicted octanol–water partition coefficient (Wildman–Crippen LogP) is 2.02. The summed E-state index contributed by atoms with van der Waals surface area (Å²) in [5.41, 5.74) is 9.66. The lowest BCUT2D eigenvalue weighted by Crippen LogP contribution is -2.36. The van der Waals surface area contributed by atoms with Crippen molar-refractivity contribution in [2.75, 3.05) is 36.7 Å². The quantitative estimate of drug-likeness (QED) is 0.732. The summed E-state index contributed by atoms with van der Waals surface area (Å²) >= 11 is 1.22. The van der Waals surface area contributed by atoms with E-state index in [2.05, 4.69) is 11.5 Å². The number of hydrogen-bond donors (Lipinski definition) is 3. The fourth-order valence-corrected chi connectivity index (χ4v) is 3.88. The molecule has 24 heavy (non-hydrogen) atoms. The van der Waals surface area contributed by atoms with Crippen LogP contribution < -0.4 is 16.1 Å². The molecule has 1 fully saturated rings. The largest absolute Gasteiger partial charge is 0.378 e. The van der Waals surface area contributed by atoms with Gasteiger partial charge in [-0.2, -0.15) is 5.26 Å². The molecule has 2 heterocycles. The van der Waals surface area contributed by atoms with Gasteiger partial charge in [0.2, 0.25) is 0 Å². The summed E-state index contributed by atoms with van der Waals surface area (Å²) in [4.78, 5) is 14.3. The summed E-state index contributed by atoms with van der Waals surface area (Å²) in [6.45, 7) is 2.47. The monoisotopic (exact) mass is 344 g/mol. The highest BCUT2D eigenvalue weighted by molar-refractivity contribution is 7.18. The van der Waals surface area contributed by atoms with Crippen LogP contribution in [0.3, 0.4) is 0 Å². The van der Waals surface area contributed by atoms with Crippen molar-refractivity contribution in [2.45, 2.75) is 0 Å². The molecular weight excluding hydrogens is 328 g/mol. The van der Waals surface area contributed by atoms with E-state index in [9.17, 15) is 10.1 Å². The number of primary amides is 1. The zero-order valence-electron chi connectivity index (χ0n) is 12.8. The standard InChI is InChI=1S/C16H16N4O3S/c17-9-12-13(10-2-1-3-11(8-10)19-22)14(15(18)21)24-16(12)20-4-6-23-7-5-20/h1-3,8,19,22H,4-7H2,(H2,18,21). The molecule has 1 amide bonds. The number of thiophene rings is 1. The van der Waals surface area contributed by atoms with Gasteiger partial charge in [0.1, 0.15) is 15.9 Å². The molecule has 0 bridgehead atoms. The van der Waals surface area contributed by atoms with Crippen LogP contribution >= 0.6 is 11.3 Å². The van der Waals surface area contributed by atoms with Crippen LogP contribution in [0.25, 0.3) is 11.1 Å². The van der Waals surface area contributed by atoms with Gasteiger partial charge in [-0.25, -0.2) is 0 Å². The van der Waals surface area contributed by atoms with E-state index >= 15 is 0 Å². The molecule has 1 aromatic carbocycles. The Kier molecular flexibility index (Phi) is 4.66. The van der Waals surface area contributed by atoms with Crippen molar-refractivity contribution in [3.8, 4) is 17.2 Å². The van der Waals surface area contributed by atoms with E-state index in [-0.39, 0.29) is 0 Å². The van der Waals surface area contributed by atoms with E-state index in [1.807, 2.05) is 4.90 Å². The average Bonchev–Trinajstić information content (AvgIpc) is 3.02. The number of nitrogens with two attached hydrogens (primary N) is 1. The zero-order chi connectivity index (χ0) is 17.1. The summed E-state index contributed by atoms with van der Waals surface area (Å²) in [7, 11) is 0. The van der Waals surface area contributed by atoms with Crippen LogP contribution in [0.2, 0.25) is 0 Å². The van der Waals surface area contributed by atoms with Gasteiger partial charge in [0.15, 0.2) is 0 Å². The van der Waals surface area contributed by atoms with Gasteiger partial charge in [-0.3, -0.25) is 15.5 Å². The minimum atomic E-state index is -0.576. The van der Waals surface area contributed by atoms with Crippen LogP contribution in [0.15, 0.2) is 24.3 Å². The molecule has 0 unspecified atom stereocenters. The molecule has 0 spiro atoms. The highest BCUT2D eigenvalue weighted by atomic mass is 32.1. The van der Waals surface area contributed by atoms with Crippen LogP contribution in [-0.2, 0) is 4.74 Å². The third-order valence-corrected chi connectivity index (χ3v) is 5.07. The van der Waals surface area contributed by atoms with E-state index < -0.39 is 5.91 Å². The molecule has 0 radical (unpaired) electrons. The SMILES string of the molecule is N#Cc1c(N2CCOCC2)sc(C(N)=O)c1-c1cccc(NO)c1. The summed E-state index contributed by atoms with van der Waals surface area (Å²) in [6.07, 6.45) is 0. The van der Waals surface area contributed by atoms with Crippen LogP contribution in [0.5, 0.6) is 0 Å². The summed E-state index contributed by atoms with van der Waals surface area (Å²) in [5, 5.41) is 19.5. The number of nitrogens with one attached hydrogen (secondary N) is 1. The van der Waals surface area contributed by atoms with Crippen molar-refractivity contribution in [2.24, 2.45) is 5.73 Å². The van der Waals surface area contributed by atoms with Gasteiger partial charge >= 0.3 is 0 Å². The van der Waals surface area contributed by atoms with Gasteiger partial charge in [-0.1, -0.05) is 12.1 Å². The lowest BCUT2D eigenvalue weighted by Gasteiger charge is -2.27. The van der Waals surface area contributed by atoms with Gasteiger partial charge in [0.25, 0.3) is 5.91 Å². The Morgan fingerprint density at radius 2 is 2.17 bits per heavy atom. The van der Waals surface area contributed by atoms with E-state index in [0.717, 1.165) is 5.00 Å². The normalized spacial score (nSPS) is 14.2. The van der Waals surface area contributed by atoms with Crippen molar-refractivity contribution >= 4 is 27.9 Å². The second-order valence-electron chi connectivity index (χ2n) is 5.25. The van der Waals surface area contributed by atoms with Crippen molar-refractivity contribution in [3.05, 3.63) is 34.7 Å². The molecular formula is C16H16N4O3S. The number of carbonyl (C=O) groups excluding carboxylic acids is 1. The van der Waals surface area contributed by atoms with Crippen molar-refractivity contribution in [1.29, 1.82) is 5.26 Å². The average molecular weight is 344 g/mol. The number of nitriles is 1. The molecule has 1 saturated heterocycles. The summed E-state index contributed by atoms with van der Waals surface area (Å²) in [6, 6.07) is 9.06. The predicted molar refractivity (Wildman–Crippen MR) is 91.4 cm³/mol. The van der Waals surface area contributed by atoms with Crippen LogP contribution in [0, 0.1) is 11.3 Å². The third kappa shape index (κ3) is 2.92. The van der Waals surface area contributed by atoms with E-state index in [0.29, 0.717) is 53.6 Å². The second kappa shape index (κ2) is 6.88. The van der Waals surface area contributed by atoms with Crippen LogP contribution in [-0.4, -0.2) is 37.4 Å². The number of ether oxygens (including phenoxy) is 1. The second-order valence-corrected chi connectivity index (χ2v) is 6.25. The summed E-state index contributed by atoms with van der Waals surface area (Å²) in [5.74, 6) is -0.576. The lowest BCUT2D eigenvalue weighted by molar-refractivity contribution is 0.100. The van der Waals surface area contributed by atoms with Crippen molar-refractivity contribution in [3.63, 3.8) is 0 Å². The Balaban J connectivity index is 2.17. The van der Waals surface area contributed by atoms with Gasteiger partial charge < -0.3 is 15.4 Å². The first-order chi connectivity index (χ1) is 11.7. The van der Waals surface area contributed by atoms with E-state index in [1.165, 1.54) is 11.3 Å². The molecule has 0 aliphatic carbocycles. The van der Waals surface area contributed by atoms with Gasteiger partial charge in [0.05, 0.1) is 24.5 Å². The number of carbonyl (C=O) groups is 1. The molecule has 1 aliphatic rings. The molecule has 4 N–H and O–H groups in total. The number of morpholine rings is 1. The topological polar surface area (TPSA) is 112 Å². The highest BCUT2D eigenvalue weighted by Gasteiger charge is 2.26. The molecule has 8 heteroatoms. The number of amides is 1. The van der Waals surface area contributed by atoms with Crippen LogP contribution in [0.1, 0.15) is 15.2 Å². The third-order valence-electron chi connectivity index (χ3n) is 3.80.